The first kappa shape index (κ1) is 22.8. The molecule has 0 aliphatic carbocycles. The molecule has 0 bridgehead atoms. The number of para-hydroxylation sites is 2. The second kappa shape index (κ2) is 10.2. The van der Waals surface area contributed by atoms with Gasteiger partial charge in [0.05, 0.1) is 5.57 Å². The van der Waals surface area contributed by atoms with Crippen LogP contribution >= 0.6 is 0 Å². The van der Waals surface area contributed by atoms with Gasteiger partial charge in [0.15, 0.2) is 17.7 Å². The number of pyridine rings is 2. The zero-order valence-electron chi connectivity index (χ0n) is 20.4. The van der Waals surface area contributed by atoms with E-state index in [4.69, 9.17) is 20.0 Å². The lowest BCUT2D eigenvalue weighted by Gasteiger charge is -2.27. The maximum atomic E-state index is 8.48. The van der Waals surface area contributed by atoms with Crippen molar-refractivity contribution in [3.05, 3.63) is 118 Å². The van der Waals surface area contributed by atoms with Gasteiger partial charge in [-0.1, -0.05) is 47.9 Å². The van der Waals surface area contributed by atoms with Gasteiger partial charge in [0.25, 0.3) is 5.69 Å². The summed E-state index contributed by atoms with van der Waals surface area (Å²) in [7, 11) is 0. The Balaban J connectivity index is 1.51. The lowest BCUT2D eigenvalue weighted by Crippen LogP contribution is -2.39. The van der Waals surface area contributed by atoms with E-state index in [0.29, 0.717) is 6.54 Å². The Morgan fingerprint density at radius 1 is 0.730 bits per heavy atom. The van der Waals surface area contributed by atoms with E-state index in [1.54, 1.807) is 0 Å². The Bertz CT molecular complexity index is 1510. The number of hydrogen-bond donors (Lipinski definition) is 0. The number of hydrogen-bond acceptors (Lipinski definition) is 4. The third kappa shape index (κ3) is 4.30. The Morgan fingerprint density at radius 2 is 1.41 bits per heavy atom. The van der Waals surface area contributed by atoms with Crippen molar-refractivity contribution in [2.45, 2.75) is 32.2 Å². The molecule has 37 heavy (non-hydrogen) atoms. The van der Waals surface area contributed by atoms with Gasteiger partial charge in [0, 0.05) is 46.8 Å². The summed E-state index contributed by atoms with van der Waals surface area (Å²) in [6.07, 6.45) is 7.95. The van der Waals surface area contributed by atoms with E-state index in [-0.39, 0.29) is 0 Å². The van der Waals surface area contributed by atoms with Crippen molar-refractivity contribution in [1.82, 2.24) is 4.98 Å². The molecule has 4 aromatic rings. The highest BCUT2D eigenvalue weighted by Crippen LogP contribution is 2.51. The second-order valence-electron chi connectivity index (χ2n) is 9.08. The molecule has 0 saturated carbocycles. The number of aromatic nitrogens is 2. The lowest BCUT2D eigenvalue weighted by atomic mass is 9.86. The first-order valence-electron chi connectivity index (χ1n) is 12.6. The number of aryl methyl sites for hydroxylation is 1. The number of fused-ring (bicyclic) bond motifs is 4. The van der Waals surface area contributed by atoms with Gasteiger partial charge in [0.2, 0.25) is 0 Å². The van der Waals surface area contributed by atoms with Crippen LogP contribution in [0.25, 0.3) is 21.6 Å². The molecule has 6 rings (SSSR count). The molecule has 182 valence electrons. The summed E-state index contributed by atoms with van der Waals surface area (Å²) in [6.45, 7) is 1.40. The molecular formula is C30H26N5O2+. The van der Waals surface area contributed by atoms with Gasteiger partial charge >= 0.3 is 0 Å². The minimum Gasteiger partial charge on any atom is -0.454 e. The number of nitrogens with zero attached hydrogens (tertiary/aromatic N) is 5. The van der Waals surface area contributed by atoms with Crippen molar-refractivity contribution in [2.24, 2.45) is 5.11 Å². The third-order valence-corrected chi connectivity index (χ3v) is 6.75. The van der Waals surface area contributed by atoms with Crippen LogP contribution in [0.5, 0.6) is 23.0 Å². The molecule has 7 heteroatoms. The summed E-state index contributed by atoms with van der Waals surface area (Å²) in [4.78, 5) is 7.63. The number of unbranched alkanes of at least 4 members (excludes halogenated alkanes) is 3. The molecule has 0 fully saturated rings. The first-order valence-corrected chi connectivity index (χ1v) is 12.6. The van der Waals surface area contributed by atoms with Crippen LogP contribution in [0.15, 0.2) is 90.3 Å². The minimum absolute atomic E-state index is 0.555. The van der Waals surface area contributed by atoms with E-state index in [0.717, 1.165) is 88.9 Å². The van der Waals surface area contributed by atoms with Crippen LogP contribution in [0.1, 0.15) is 48.2 Å². The van der Waals surface area contributed by atoms with E-state index >= 15 is 0 Å². The number of rotatable bonds is 7. The van der Waals surface area contributed by atoms with E-state index in [1.807, 2.05) is 60.8 Å². The average Bonchev–Trinajstić information content (AvgIpc) is 2.94. The zero-order chi connectivity index (χ0) is 25.0. The van der Waals surface area contributed by atoms with Gasteiger partial charge in [-0.15, -0.1) is 0 Å². The molecule has 0 amide bonds. The maximum Gasteiger partial charge on any atom is 0.257 e. The van der Waals surface area contributed by atoms with Gasteiger partial charge in [-0.3, -0.25) is 4.98 Å². The van der Waals surface area contributed by atoms with Crippen molar-refractivity contribution in [3.63, 3.8) is 0 Å². The van der Waals surface area contributed by atoms with Crippen LogP contribution in [0.3, 0.4) is 0 Å². The predicted molar refractivity (Wildman–Crippen MR) is 141 cm³/mol. The molecular weight excluding hydrogens is 462 g/mol. The topological polar surface area (TPSA) is 84.0 Å². The van der Waals surface area contributed by atoms with Crippen LogP contribution in [0.4, 0.5) is 0 Å². The molecule has 2 aliphatic heterocycles. The highest BCUT2D eigenvalue weighted by atomic mass is 16.5. The molecule has 2 aromatic carbocycles. The van der Waals surface area contributed by atoms with E-state index in [1.165, 1.54) is 0 Å². The quantitative estimate of drug-likeness (QED) is 0.0768. The highest BCUT2D eigenvalue weighted by Gasteiger charge is 2.36. The van der Waals surface area contributed by atoms with Gasteiger partial charge in [-0.2, -0.15) is 4.57 Å². The number of benzene rings is 2. The molecule has 2 aromatic heterocycles. The summed E-state index contributed by atoms with van der Waals surface area (Å²) in [5, 5.41) is 3.64. The van der Waals surface area contributed by atoms with Gasteiger partial charge in [-0.05, 0) is 48.7 Å². The van der Waals surface area contributed by atoms with Crippen LogP contribution in [-0.4, -0.2) is 11.5 Å². The van der Waals surface area contributed by atoms with E-state index < -0.39 is 0 Å². The van der Waals surface area contributed by atoms with Crippen LogP contribution in [-0.2, 0) is 6.54 Å². The summed E-state index contributed by atoms with van der Waals surface area (Å²) >= 11 is 0. The van der Waals surface area contributed by atoms with Crippen LogP contribution in [0.2, 0.25) is 0 Å². The van der Waals surface area contributed by atoms with E-state index in [2.05, 4.69) is 39.0 Å². The maximum absolute atomic E-state index is 8.48. The highest BCUT2D eigenvalue weighted by molar-refractivity contribution is 6.08. The average molecular weight is 489 g/mol. The molecule has 7 nitrogen and oxygen atoms in total. The Hall–Kier alpha value is -4.61. The Kier molecular flexibility index (Phi) is 6.28. The van der Waals surface area contributed by atoms with Crippen molar-refractivity contribution in [1.29, 1.82) is 0 Å². The standard InChI is InChI=1S/C30H26N5O2/c31-34-33-18-7-1-2-8-19-35-20-10-16-26-30(35)28(22-12-4-6-14-24(22)37-26)27-21-11-3-5-13-23(21)36-25-15-9-17-32-29(25)27/h3-6,9-17,20H,1-2,7-8,18-19H2/q+1. The predicted octanol–water partition coefficient (Wildman–Crippen LogP) is 7.46. The lowest BCUT2D eigenvalue weighted by molar-refractivity contribution is -0.699. The number of ether oxygens (including phenoxy) is 2. The minimum atomic E-state index is 0.555. The molecule has 0 N–H and O–H groups in total. The monoisotopic (exact) mass is 488 g/mol. The summed E-state index contributed by atoms with van der Waals surface area (Å²) in [5.74, 6) is 3.22. The van der Waals surface area contributed by atoms with Crippen LogP contribution < -0.4 is 14.0 Å². The summed E-state index contributed by atoms with van der Waals surface area (Å²) in [6, 6.07) is 24.3. The zero-order valence-corrected chi connectivity index (χ0v) is 20.4. The van der Waals surface area contributed by atoms with Crippen molar-refractivity contribution < 1.29 is 14.0 Å². The largest absolute Gasteiger partial charge is 0.454 e. The molecule has 2 aliphatic rings. The molecule has 4 heterocycles. The second-order valence-corrected chi connectivity index (χ2v) is 9.08. The molecule has 0 unspecified atom stereocenters. The van der Waals surface area contributed by atoms with Crippen LogP contribution in [0, 0.1) is 0 Å². The fraction of sp³-hybridized carbons (Fsp3) is 0.200. The Morgan fingerprint density at radius 3 is 2.22 bits per heavy atom. The van der Waals surface area contributed by atoms with Crippen molar-refractivity contribution in [3.8, 4) is 23.0 Å². The molecule has 0 atom stereocenters. The van der Waals surface area contributed by atoms with Gasteiger partial charge < -0.3 is 9.47 Å². The molecule has 0 saturated heterocycles. The Labute approximate surface area is 215 Å². The van der Waals surface area contributed by atoms with Gasteiger partial charge in [-0.25, -0.2) is 0 Å². The van der Waals surface area contributed by atoms with Crippen molar-refractivity contribution in [2.75, 3.05) is 6.54 Å². The SMILES string of the molecule is [N-]=[N+]=NCCCCCC[n+]1cccc2c1C(=C1c3ccccc3Oc3cccnc31)c1ccccc1O2. The van der Waals surface area contributed by atoms with E-state index in [9.17, 15) is 0 Å². The first-order chi connectivity index (χ1) is 18.3. The summed E-state index contributed by atoms with van der Waals surface area (Å²) in [5.41, 5.74) is 14.5. The molecule has 0 spiro atoms. The summed E-state index contributed by atoms with van der Waals surface area (Å²) < 4.78 is 15.0. The number of azide groups is 1. The molecule has 0 radical (unpaired) electrons. The normalized spacial score (nSPS) is 14.7. The fourth-order valence-corrected chi connectivity index (χ4v) is 5.11. The fourth-order valence-electron chi connectivity index (χ4n) is 5.11. The van der Waals surface area contributed by atoms with Gasteiger partial charge in [0.1, 0.15) is 23.7 Å². The smallest absolute Gasteiger partial charge is 0.257 e. The van der Waals surface area contributed by atoms with Crippen molar-refractivity contribution >= 4 is 11.1 Å². The third-order valence-electron chi connectivity index (χ3n) is 6.75.